The van der Waals surface area contributed by atoms with Crippen LogP contribution in [0, 0.1) is 0 Å². The number of hydrogen-bond acceptors (Lipinski definition) is 6. The van der Waals surface area contributed by atoms with E-state index in [4.69, 9.17) is 21.3 Å². The molecule has 1 N–H and O–H groups in total. The van der Waals surface area contributed by atoms with E-state index in [0.29, 0.717) is 33.5 Å². The van der Waals surface area contributed by atoms with Gasteiger partial charge in [-0.1, -0.05) is 41.6 Å². The Morgan fingerprint density at radius 3 is 2.85 bits per heavy atom. The van der Waals surface area contributed by atoms with E-state index >= 15 is 0 Å². The van der Waals surface area contributed by atoms with Gasteiger partial charge < -0.3 is 10.1 Å². The molecule has 0 fully saturated rings. The Morgan fingerprint density at radius 1 is 1.26 bits per heavy atom. The maximum absolute atomic E-state index is 13.3. The Balaban J connectivity index is 1.29. The van der Waals surface area contributed by atoms with E-state index in [9.17, 15) is 9.59 Å². The number of thioether (sulfide) groups is 1. The molecule has 34 heavy (non-hydrogen) atoms. The molecule has 1 aliphatic rings. The Bertz CT molecular complexity index is 1420. The van der Waals surface area contributed by atoms with Crippen LogP contribution in [-0.4, -0.2) is 44.6 Å². The maximum atomic E-state index is 13.3. The number of carbonyl (C=O) groups is 1. The smallest absolute Gasteiger partial charge is 0.265 e. The predicted octanol–water partition coefficient (Wildman–Crippen LogP) is 3.64. The van der Waals surface area contributed by atoms with Crippen molar-refractivity contribution in [2.45, 2.75) is 24.0 Å². The van der Waals surface area contributed by atoms with Crippen LogP contribution < -0.4 is 15.6 Å². The number of nitrogens with zero attached hydrogens (tertiary/aromatic N) is 4. The van der Waals surface area contributed by atoms with Gasteiger partial charge in [0.25, 0.3) is 5.56 Å². The minimum Gasteiger partial charge on any atom is -0.497 e. The summed E-state index contributed by atoms with van der Waals surface area (Å²) in [5.41, 5.74) is 2.14. The monoisotopic (exact) mass is 495 g/mol. The molecule has 1 amide bonds. The number of fused-ring (bicyclic) bond motifs is 2. The minimum absolute atomic E-state index is 0.0893. The zero-order valence-corrected chi connectivity index (χ0v) is 20.0. The summed E-state index contributed by atoms with van der Waals surface area (Å²) in [4.78, 5) is 30.6. The van der Waals surface area contributed by atoms with Crippen LogP contribution in [0.25, 0.3) is 16.7 Å². The fraction of sp³-hybridized carbons (Fsp3) is 0.250. The van der Waals surface area contributed by atoms with Crippen LogP contribution in [-0.2, 0) is 11.2 Å². The molecule has 1 unspecified atom stereocenters. The van der Waals surface area contributed by atoms with E-state index in [1.54, 1.807) is 28.5 Å². The fourth-order valence-electron chi connectivity index (χ4n) is 4.00. The van der Waals surface area contributed by atoms with Crippen LogP contribution in [0.1, 0.15) is 18.0 Å². The van der Waals surface area contributed by atoms with E-state index in [-0.39, 0.29) is 23.9 Å². The lowest BCUT2D eigenvalue weighted by Gasteiger charge is -2.13. The average Bonchev–Trinajstić information content (AvgIpc) is 3.44. The molecular formula is C24H22ClN5O3S. The van der Waals surface area contributed by atoms with E-state index in [1.165, 1.54) is 18.0 Å². The molecule has 3 heterocycles. The van der Waals surface area contributed by atoms with Crippen LogP contribution in [0.15, 0.2) is 64.7 Å². The molecule has 0 bridgehead atoms. The third-order valence-corrected chi connectivity index (χ3v) is 7.07. The second kappa shape index (κ2) is 9.52. The van der Waals surface area contributed by atoms with Gasteiger partial charge >= 0.3 is 0 Å². The van der Waals surface area contributed by atoms with Gasteiger partial charge in [0.15, 0.2) is 10.8 Å². The van der Waals surface area contributed by atoms with Crippen molar-refractivity contribution in [2.24, 2.45) is 0 Å². The van der Waals surface area contributed by atoms with Crippen molar-refractivity contribution >= 4 is 40.3 Å². The summed E-state index contributed by atoms with van der Waals surface area (Å²) in [6.07, 6.45) is 2.46. The van der Waals surface area contributed by atoms with Crippen molar-refractivity contribution in [3.8, 4) is 11.4 Å². The fourth-order valence-corrected chi connectivity index (χ4v) is 5.32. The van der Waals surface area contributed by atoms with Crippen molar-refractivity contribution in [3.05, 3.63) is 75.7 Å². The normalized spacial score (nSPS) is 14.8. The highest BCUT2D eigenvalue weighted by Crippen LogP contribution is 2.33. The standard InChI is InChI=1S/C24H22ClN5O3S/c1-33-19-7-5-15(6-8-19)9-10-26-21(31)12-18-14-34-24-28-22-20(23(32)29(18)24)13-27-30(22)17-4-2-3-16(25)11-17/h2-8,11,13,18H,9-10,12,14H2,1H3,(H,26,31). The van der Waals surface area contributed by atoms with Crippen molar-refractivity contribution in [3.63, 3.8) is 0 Å². The number of rotatable bonds is 7. The van der Waals surface area contributed by atoms with E-state index in [0.717, 1.165) is 23.4 Å². The Morgan fingerprint density at radius 2 is 2.09 bits per heavy atom. The SMILES string of the molecule is COc1ccc(CCNC(=O)CC2CSc3nc4c(cnn4-c4cccc(Cl)c4)c(=O)n32)cc1. The maximum Gasteiger partial charge on any atom is 0.265 e. The molecule has 2 aromatic heterocycles. The van der Waals surface area contributed by atoms with Crippen molar-refractivity contribution < 1.29 is 9.53 Å². The summed E-state index contributed by atoms with van der Waals surface area (Å²) in [5, 5.41) is 8.90. The molecule has 10 heteroatoms. The first kappa shape index (κ1) is 22.5. The lowest BCUT2D eigenvalue weighted by molar-refractivity contribution is -0.121. The molecule has 8 nitrogen and oxygen atoms in total. The topological polar surface area (TPSA) is 91.0 Å². The average molecular weight is 496 g/mol. The molecular weight excluding hydrogens is 474 g/mol. The summed E-state index contributed by atoms with van der Waals surface area (Å²) in [7, 11) is 1.63. The molecule has 0 saturated carbocycles. The molecule has 0 aliphatic carbocycles. The van der Waals surface area contributed by atoms with Gasteiger partial charge in [-0.05, 0) is 42.3 Å². The Kier molecular flexibility index (Phi) is 6.30. The van der Waals surface area contributed by atoms with Gasteiger partial charge in [-0.3, -0.25) is 14.2 Å². The molecule has 4 aromatic rings. The zero-order valence-electron chi connectivity index (χ0n) is 18.4. The quantitative estimate of drug-likeness (QED) is 0.394. The van der Waals surface area contributed by atoms with Gasteiger partial charge in [-0.15, -0.1) is 0 Å². The summed E-state index contributed by atoms with van der Waals surface area (Å²) < 4.78 is 8.40. The number of halogens is 1. The van der Waals surface area contributed by atoms with Crippen LogP contribution >= 0.6 is 23.4 Å². The largest absolute Gasteiger partial charge is 0.497 e. The van der Waals surface area contributed by atoms with Gasteiger partial charge in [-0.2, -0.15) is 5.10 Å². The van der Waals surface area contributed by atoms with Crippen molar-refractivity contribution in [2.75, 3.05) is 19.4 Å². The lowest BCUT2D eigenvalue weighted by Crippen LogP contribution is -2.31. The van der Waals surface area contributed by atoms with Crippen LogP contribution in [0.3, 0.4) is 0 Å². The molecule has 1 atom stereocenters. The second-order valence-corrected chi connectivity index (χ2v) is 9.38. The van der Waals surface area contributed by atoms with Gasteiger partial charge in [-0.25, -0.2) is 9.67 Å². The Hall–Kier alpha value is -3.30. The minimum atomic E-state index is -0.250. The van der Waals surface area contributed by atoms with E-state index in [1.807, 2.05) is 36.4 Å². The van der Waals surface area contributed by atoms with Crippen molar-refractivity contribution in [1.29, 1.82) is 0 Å². The molecule has 0 radical (unpaired) electrons. The van der Waals surface area contributed by atoms with Crippen LogP contribution in [0.4, 0.5) is 0 Å². The predicted molar refractivity (Wildman–Crippen MR) is 132 cm³/mol. The molecule has 174 valence electrons. The number of aromatic nitrogens is 4. The summed E-state index contributed by atoms with van der Waals surface area (Å²) in [5.74, 6) is 1.33. The molecule has 2 aromatic carbocycles. The third kappa shape index (κ3) is 4.41. The molecule has 0 spiro atoms. The second-order valence-electron chi connectivity index (χ2n) is 7.96. The zero-order chi connectivity index (χ0) is 23.7. The first-order valence-corrected chi connectivity index (χ1v) is 12.2. The highest BCUT2D eigenvalue weighted by atomic mass is 35.5. The molecule has 0 saturated heterocycles. The van der Waals surface area contributed by atoms with Gasteiger partial charge in [0, 0.05) is 23.7 Å². The highest BCUT2D eigenvalue weighted by molar-refractivity contribution is 7.99. The Labute approximate surface area is 204 Å². The molecule has 1 aliphatic heterocycles. The first-order chi connectivity index (χ1) is 16.5. The molecule has 5 rings (SSSR count). The summed E-state index contributed by atoms with van der Waals surface area (Å²) in [6.45, 7) is 0.524. The number of benzene rings is 2. The number of methoxy groups -OCH3 is 1. The van der Waals surface area contributed by atoms with Gasteiger partial charge in [0.1, 0.15) is 11.1 Å². The van der Waals surface area contributed by atoms with Crippen molar-refractivity contribution in [1.82, 2.24) is 24.6 Å². The number of amides is 1. The number of ether oxygens (including phenoxy) is 1. The number of nitrogens with one attached hydrogen (secondary N) is 1. The van der Waals surface area contributed by atoms with Crippen LogP contribution in [0.2, 0.25) is 5.02 Å². The van der Waals surface area contributed by atoms with Gasteiger partial charge in [0.2, 0.25) is 5.91 Å². The number of hydrogen-bond donors (Lipinski definition) is 1. The van der Waals surface area contributed by atoms with E-state index < -0.39 is 0 Å². The highest BCUT2D eigenvalue weighted by Gasteiger charge is 2.29. The summed E-state index contributed by atoms with van der Waals surface area (Å²) >= 11 is 7.59. The number of carbonyl (C=O) groups excluding carboxylic acids is 1. The first-order valence-electron chi connectivity index (χ1n) is 10.8. The summed E-state index contributed by atoms with van der Waals surface area (Å²) in [6, 6.07) is 14.7. The lowest BCUT2D eigenvalue weighted by atomic mass is 10.1. The van der Waals surface area contributed by atoms with E-state index in [2.05, 4.69) is 10.4 Å². The van der Waals surface area contributed by atoms with Gasteiger partial charge in [0.05, 0.1) is 25.0 Å². The van der Waals surface area contributed by atoms with Crippen LogP contribution in [0.5, 0.6) is 5.75 Å². The third-order valence-electron chi connectivity index (χ3n) is 5.74.